The summed E-state index contributed by atoms with van der Waals surface area (Å²) >= 11 is 0. The number of carbonyl (C=O) groups is 1. The standard InChI is InChI=1S/C14H20N2O2/c1-10(17)16-7-3-4-12(16)8-11-5-6-14(18-2)13(15)9-11/h5-6,9,12H,3-4,7-8,15H2,1-2H3. The van der Waals surface area contributed by atoms with Gasteiger partial charge in [-0.05, 0) is 37.0 Å². The number of carbonyl (C=O) groups excluding carboxylic acids is 1. The van der Waals surface area contributed by atoms with Crippen LogP contribution >= 0.6 is 0 Å². The number of benzene rings is 1. The van der Waals surface area contributed by atoms with Crippen LogP contribution in [0.5, 0.6) is 5.75 Å². The number of hydrogen-bond donors (Lipinski definition) is 1. The lowest BCUT2D eigenvalue weighted by Crippen LogP contribution is -2.34. The van der Waals surface area contributed by atoms with Gasteiger partial charge in [0.05, 0.1) is 12.8 Å². The first kappa shape index (κ1) is 12.7. The fraction of sp³-hybridized carbons (Fsp3) is 0.500. The Kier molecular flexibility index (Phi) is 3.75. The molecule has 0 aliphatic carbocycles. The Hall–Kier alpha value is -1.71. The van der Waals surface area contributed by atoms with Crippen molar-refractivity contribution >= 4 is 11.6 Å². The first-order valence-electron chi connectivity index (χ1n) is 6.31. The first-order valence-corrected chi connectivity index (χ1v) is 6.31. The minimum absolute atomic E-state index is 0.166. The van der Waals surface area contributed by atoms with E-state index in [-0.39, 0.29) is 5.91 Å². The van der Waals surface area contributed by atoms with Crippen LogP contribution in [0, 0.1) is 0 Å². The van der Waals surface area contributed by atoms with Crippen molar-refractivity contribution in [2.75, 3.05) is 19.4 Å². The fourth-order valence-corrected chi connectivity index (χ4v) is 2.65. The van der Waals surface area contributed by atoms with Gasteiger partial charge in [0.15, 0.2) is 0 Å². The molecule has 1 heterocycles. The van der Waals surface area contributed by atoms with Gasteiger partial charge in [0.2, 0.25) is 5.91 Å². The summed E-state index contributed by atoms with van der Waals surface area (Å²) in [5, 5.41) is 0. The van der Waals surface area contributed by atoms with E-state index < -0.39 is 0 Å². The number of hydrogen-bond acceptors (Lipinski definition) is 3. The van der Waals surface area contributed by atoms with E-state index >= 15 is 0 Å². The molecule has 1 atom stereocenters. The quantitative estimate of drug-likeness (QED) is 0.830. The monoisotopic (exact) mass is 248 g/mol. The van der Waals surface area contributed by atoms with Gasteiger partial charge in [-0.1, -0.05) is 6.07 Å². The summed E-state index contributed by atoms with van der Waals surface area (Å²) < 4.78 is 5.14. The number of amides is 1. The lowest BCUT2D eigenvalue weighted by Gasteiger charge is -2.23. The second kappa shape index (κ2) is 5.29. The lowest BCUT2D eigenvalue weighted by atomic mass is 10.0. The van der Waals surface area contributed by atoms with Crippen LogP contribution in [0.25, 0.3) is 0 Å². The van der Waals surface area contributed by atoms with E-state index in [9.17, 15) is 4.79 Å². The van der Waals surface area contributed by atoms with Crippen LogP contribution in [0.3, 0.4) is 0 Å². The molecule has 1 fully saturated rings. The molecule has 1 aliphatic heterocycles. The maximum atomic E-state index is 11.5. The van der Waals surface area contributed by atoms with E-state index in [1.54, 1.807) is 14.0 Å². The average Bonchev–Trinajstić information content (AvgIpc) is 2.77. The van der Waals surface area contributed by atoms with Crippen molar-refractivity contribution in [3.05, 3.63) is 23.8 Å². The zero-order valence-electron chi connectivity index (χ0n) is 11.0. The third kappa shape index (κ3) is 2.58. The van der Waals surface area contributed by atoms with Crippen LogP contribution < -0.4 is 10.5 Å². The molecule has 1 aliphatic rings. The van der Waals surface area contributed by atoms with Crippen molar-refractivity contribution in [1.82, 2.24) is 4.90 Å². The second-order valence-corrected chi connectivity index (χ2v) is 4.79. The molecule has 18 heavy (non-hydrogen) atoms. The number of anilines is 1. The molecule has 1 saturated heterocycles. The van der Waals surface area contributed by atoms with Crippen LogP contribution in [0.15, 0.2) is 18.2 Å². The number of nitrogen functional groups attached to an aromatic ring is 1. The highest BCUT2D eigenvalue weighted by molar-refractivity contribution is 5.74. The minimum Gasteiger partial charge on any atom is -0.495 e. The highest BCUT2D eigenvalue weighted by atomic mass is 16.5. The van der Waals surface area contributed by atoms with Gasteiger partial charge in [-0.25, -0.2) is 0 Å². The van der Waals surface area contributed by atoms with Gasteiger partial charge in [0.1, 0.15) is 5.75 Å². The van der Waals surface area contributed by atoms with E-state index in [4.69, 9.17) is 10.5 Å². The Morgan fingerprint density at radius 2 is 2.33 bits per heavy atom. The van der Waals surface area contributed by atoms with Crippen LogP contribution in [0.2, 0.25) is 0 Å². The molecule has 0 aromatic heterocycles. The van der Waals surface area contributed by atoms with Crippen molar-refractivity contribution in [3.8, 4) is 5.75 Å². The maximum absolute atomic E-state index is 11.5. The summed E-state index contributed by atoms with van der Waals surface area (Å²) in [6, 6.07) is 6.16. The van der Waals surface area contributed by atoms with Gasteiger partial charge in [0.25, 0.3) is 0 Å². The zero-order chi connectivity index (χ0) is 13.1. The predicted molar refractivity (Wildman–Crippen MR) is 71.5 cm³/mol. The summed E-state index contributed by atoms with van der Waals surface area (Å²) in [7, 11) is 1.61. The first-order chi connectivity index (χ1) is 8.61. The van der Waals surface area contributed by atoms with Crippen molar-refractivity contribution in [2.45, 2.75) is 32.2 Å². The largest absolute Gasteiger partial charge is 0.495 e. The molecule has 0 radical (unpaired) electrons. The Balaban J connectivity index is 2.09. The number of ether oxygens (including phenoxy) is 1. The van der Waals surface area contributed by atoms with Crippen LogP contribution in [0.1, 0.15) is 25.3 Å². The van der Waals surface area contributed by atoms with E-state index in [2.05, 4.69) is 0 Å². The van der Waals surface area contributed by atoms with Crippen molar-refractivity contribution in [1.29, 1.82) is 0 Å². The fourth-order valence-electron chi connectivity index (χ4n) is 2.65. The lowest BCUT2D eigenvalue weighted by molar-refractivity contribution is -0.129. The molecule has 1 aromatic carbocycles. The molecular formula is C14H20N2O2. The summed E-state index contributed by atoms with van der Waals surface area (Å²) in [5.74, 6) is 0.868. The molecular weight excluding hydrogens is 228 g/mol. The van der Waals surface area contributed by atoms with Crippen LogP contribution in [-0.4, -0.2) is 30.5 Å². The molecule has 2 rings (SSSR count). The number of methoxy groups -OCH3 is 1. The molecule has 0 spiro atoms. The molecule has 2 N–H and O–H groups in total. The smallest absolute Gasteiger partial charge is 0.219 e. The molecule has 98 valence electrons. The highest BCUT2D eigenvalue weighted by Gasteiger charge is 2.26. The van der Waals surface area contributed by atoms with Gasteiger partial charge < -0.3 is 15.4 Å². The third-order valence-corrected chi connectivity index (χ3v) is 3.55. The molecule has 1 unspecified atom stereocenters. The normalized spacial score (nSPS) is 19.0. The summed E-state index contributed by atoms with van der Waals surface area (Å²) in [4.78, 5) is 13.5. The Bertz CT molecular complexity index is 445. The van der Waals surface area contributed by atoms with Gasteiger partial charge in [-0.3, -0.25) is 4.79 Å². The predicted octanol–water partition coefficient (Wildman–Crippen LogP) is 1.83. The zero-order valence-corrected chi connectivity index (χ0v) is 11.0. The number of nitrogens with zero attached hydrogens (tertiary/aromatic N) is 1. The SMILES string of the molecule is COc1ccc(CC2CCCN2C(C)=O)cc1N. The Labute approximate surface area is 108 Å². The van der Waals surface area contributed by atoms with E-state index in [0.29, 0.717) is 17.5 Å². The van der Waals surface area contributed by atoms with Gasteiger partial charge in [-0.15, -0.1) is 0 Å². The molecule has 4 heteroatoms. The molecule has 1 aromatic rings. The molecule has 1 amide bonds. The average molecular weight is 248 g/mol. The molecule has 4 nitrogen and oxygen atoms in total. The van der Waals surface area contributed by atoms with Crippen molar-refractivity contribution < 1.29 is 9.53 Å². The van der Waals surface area contributed by atoms with Crippen molar-refractivity contribution in [3.63, 3.8) is 0 Å². The van der Waals surface area contributed by atoms with Gasteiger partial charge in [-0.2, -0.15) is 0 Å². The maximum Gasteiger partial charge on any atom is 0.219 e. The Morgan fingerprint density at radius 3 is 2.94 bits per heavy atom. The minimum atomic E-state index is 0.166. The van der Waals surface area contributed by atoms with Crippen LogP contribution in [0.4, 0.5) is 5.69 Å². The molecule has 0 bridgehead atoms. The Morgan fingerprint density at radius 1 is 1.56 bits per heavy atom. The highest BCUT2D eigenvalue weighted by Crippen LogP contribution is 2.26. The van der Waals surface area contributed by atoms with E-state index in [0.717, 1.165) is 31.4 Å². The van der Waals surface area contributed by atoms with Gasteiger partial charge in [0, 0.05) is 19.5 Å². The van der Waals surface area contributed by atoms with Crippen LogP contribution in [-0.2, 0) is 11.2 Å². The van der Waals surface area contributed by atoms with Gasteiger partial charge >= 0.3 is 0 Å². The summed E-state index contributed by atoms with van der Waals surface area (Å²) in [6.45, 7) is 2.52. The van der Waals surface area contributed by atoms with E-state index in [1.165, 1.54) is 0 Å². The topological polar surface area (TPSA) is 55.6 Å². The van der Waals surface area contributed by atoms with Crippen molar-refractivity contribution in [2.24, 2.45) is 0 Å². The summed E-state index contributed by atoms with van der Waals surface area (Å²) in [6.07, 6.45) is 3.04. The van der Waals surface area contributed by atoms with E-state index in [1.807, 2.05) is 23.1 Å². The summed E-state index contributed by atoms with van der Waals surface area (Å²) in [5.41, 5.74) is 7.71. The number of nitrogens with two attached hydrogens (primary N) is 1. The second-order valence-electron chi connectivity index (χ2n) is 4.79. The number of likely N-dealkylation sites (tertiary alicyclic amines) is 1. The number of rotatable bonds is 3. The molecule has 0 saturated carbocycles. The third-order valence-electron chi connectivity index (χ3n) is 3.55.